The van der Waals surface area contributed by atoms with Gasteiger partial charge < -0.3 is 15.4 Å². The maximum Gasteiger partial charge on any atom is 0.238 e. The minimum Gasteiger partial charge on any atom is -0.383 e. The number of anilines is 1. The second-order valence-corrected chi connectivity index (χ2v) is 3.97. The molecule has 0 saturated carbocycles. The Labute approximate surface area is 107 Å². The summed E-state index contributed by atoms with van der Waals surface area (Å²) in [5.74, 6) is -0.704. The lowest BCUT2D eigenvalue weighted by molar-refractivity contribution is -0.115. The number of rotatable bonds is 7. The fourth-order valence-electron chi connectivity index (χ4n) is 1.52. The summed E-state index contributed by atoms with van der Waals surface area (Å²) in [5, 5.41) is 5.56. The summed E-state index contributed by atoms with van der Waals surface area (Å²) in [7, 11) is 1.61. The lowest BCUT2D eigenvalue weighted by atomic mass is 10.2. The summed E-state index contributed by atoms with van der Waals surface area (Å²) < 4.78 is 18.3. The number of para-hydroxylation sites is 1. The summed E-state index contributed by atoms with van der Waals surface area (Å²) in [6.07, 6.45) is 0.862. The van der Waals surface area contributed by atoms with Crippen LogP contribution in [-0.2, 0) is 9.53 Å². The number of hydrogen-bond acceptors (Lipinski definition) is 3. The number of methoxy groups -OCH3 is 1. The van der Waals surface area contributed by atoms with Crippen LogP contribution in [0.15, 0.2) is 24.3 Å². The lowest BCUT2D eigenvalue weighted by Gasteiger charge is -2.15. The van der Waals surface area contributed by atoms with Gasteiger partial charge in [0.1, 0.15) is 5.82 Å². The van der Waals surface area contributed by atoms with Crippen molar-refractivity contribution in [1.29, 1.82) is 0 Å². The fraction of sp³-hybridized carbons (Fsp3) is 0.462. The molecule has 0 aliphatic rings. The summed E-state index contributed by atoms with van der Waals surface area (Å²) in [5.41, 5.74) is 0.198. The first-order valence-electron chi connectivity index (χ1n) is 5.94. The Morgan fingerprint density at radius 1 is 1.44 bits per heavy atom. The van der Waals surface area contributed by atoms with Crippen LogP contribution in [0.4, 0.5) is 10.1 Å². The van der Waals surface area contributed by atoms with E-state index in [4.69, 9.17) is 4.74 Å². The van der Waals surface area contributed by atoms with E-state index < -0.39 is 5.82 Å². The summed E-state index contributed by atoms with van der Waals surface area (Å²) in [6.45, 7) is 2.69. The molecule has 0 heterocycles. The van der Waals surface area contributed by atoms with Crippen LogP contribution in [-0.4, -0.2) is 32.2 Å². The zero-order valence-corrected chi connectivity index (χ0v) is 10.7. The number of amides is 1. The molecule has 0 radical (unpaired) electrons. The van der Waals surface area contributed by atoms with Crippen LogP contribution in [0.3, 0.4) is 0 Å². The highest BCUT2D eigenvalue weighted by molar-refractivity contribution is 5.92. The molecule has 1 aromatic rings. The highest BCUT2D eigenvalue weighted by Gasteiger charge is 2.09. The van der Waals surface area contributed by atoms with Gasteiger partial charge in [0.25, 0.3) is 0 Å². The van der Waals surface area contributed by atoms with Gasteiger partial charge in [0, 0.05) is 13.2 Å². The molecule has 5 heteroatoms. The molecule has 2 N–H and O–H groups in total. The van der Waals surface area contributed by atoms with E-state index in [0.29, 0.717) is 6.61 Å². The molecule has 18 heavy (non-hydrogen) atoms. The Balaban J connectivity index is 2.40. The third kappa shape index (κ3) is 4.81. The molecule has 4 nitrogen and oxygen atoms in total. The average molecular weight is 254 g/mol. The number of carbonyl (C=O) groups is 1. The van der Waals surface area contributed by atoms with Crippen molar-refractivity contribution in [3.05, 3.63) is 30.1 Å². The van der Waals surface area contributed by atoms with Crippen molar-refractivity contribution in [2.75, 3.05) is 25.6 Å². The molecule has 0 spiro atoms. The molecule has 100 valence electrons. The van der Waals surface area contributed by atoms with Crippen LogP contribution in [0, 0.1) is 5.82 Å². The third-order valence-corrected chi connectivity index (χ3v) is 2.56. The van der Waals surface area contributed by atoms with Crippen molar-refractivity contribution in [2.45, 2.75) is 19.4 Å². The van der Waals surface area contributed by atoms with Crippen molar-refractivity contribution in [1.82, 2.24) is 5.32 Å². The van der Waals surface area contributed by atoms with Crippen LogP contribution < -0.4 is 10.6 Å². The standard InChI is InChI=1S/C13H19FN2O2/c1-3-10(9-18-2)15-8-13(17)16-12-7-5-4-6-11(12)14/h4-7,10,15H,3,8-9H2,1-2H3,(H,16,17). The second kappa shape index (κ2) is 7.79. The van der Waals surface area contributed by atoms with Gasteiger partial charge in [-0.25, -0.2) is 4.39 Å². The highest BCUT2D eigenvalue weighted by Crippen LogP contribution is 2.11. The first kappa shape index (κ1) is 14.6. The van der Waals surface area contributed by atoms with Gasteiger partial charge >= 0.3 is 0 Å². The Morgan fingerprint density at radius 2 is 2.17 bits per heavy atom. The molecule has 1 aromatic carbocycles. The van der Waals surface area contributed by atoms with Crippen LogP contribution in [0.2, 0.25) is 0 Å². The fourth-order valence-corrected chi connectivity index (χ4v) is 1.52. The Morgan fingerprint density at radius 3 is 2.78 bits per heavy atom. The topological polar surface area (TPSA) is 50.4 Å². The molecule has 0 saturated heterocycles. The number of carbonyl (C=O) groups excluding carboxylic acids is 1. The van der Waals surface area contributed by atoms with Crippen molar-refractivity contribution < 1.29 is 13.9 Å². The molecule has 0 aromatic heterocycles. The SMILES string of the molecule is CCC(COC)NCC(=O)Nc1ccccc1F. The van der Waals surface area contributed by atoms with Crippen molar-refractivity contribution in [3.63, 3.8) is 0 Å². The molecule has 1 amide bonds. The van der Waals surface area contributed by atoms with Crippen molar-refractivity contribution in [3.8, 4) is 0 Å². The van der Waals surface area contributed by atoms with E-state index in [0.717, 1.165) is 6.42 Å². The summed E-state index contributed by atoms with van der Waals surface area (Å²) >= 11 is 0. The van der Waals surface area contributed by atoms with E-state index in [2.05, 4.69) is 10.6 Å². The lowest BCUT2D eigenvalue weighted by Crippen LogP contribution is -2.38. The molecule has 1 unspecified atom stereocenters. The van der Waals surface area contributed by atoms with Crippen LogP contribution in [0.5, 0.6) is 0 Å². The molecular weight excluding hydrogens is 235 g/mol. The first-order valence-corrected chi connectivity index (χ1v) is 5.94. The first-order chi connectivity index (χ1) is 8.67. The predicted molar refractivity (Wildman–Crippen MR) is 69.0 cm³/mol. The van der Waals surface area contributed by atoms with Gasteiger partial charge in [-0.3, -0.25) is 4.79 Å². The summed E-state index contributed by atoms with van der Waals surface area (Å²) in [4.78, 5) is 11.6. The van der Waals surface area contributed by atoms with E-state index >= 15 is 0 Å². The number of halogens is 1. The van der Waals surface area contributed by atoms with Gasteiger partial charge in [-0.15, -0.1) is 0 Å². The molecule has 1 rings (SSSR count). The normalized spacial score (nSPS) is 12.2. The number of benzene rings is 1. The average Bonchev–Trinajstić information content (AvgIpc) is 2.37. The smallest absolute Gasteiger partial charge is 0.238 e. The maximum absolute atomic E-state index is 13.3. The van der Waals surface area contributed by atoms with E-state index in [1.165, 1.54) is 12.1 Å². The molecule has 0 aliphatic heterocycles. The molecule has 0 aliphatic carbocycles. The Hall–Kier alpha value is -1.46. The molecule has 0 bridgehead atoms. The maximum atomic E-state index is 13.3. The third-order valence-electron chi connectivity index (χ3n) is 2.56. The van der Waals surface area contributed by atoms with E-state index in [1.54, 1.807) is 19.2 Å². The second-order valence-electron chi connectivity index (χ2n) is 3.97. The van der Waals surface area contributed by atoms with Crippen molar-refractivity contribution >= 4 is 11.6 Å². The van der Waals surface area contributed by atoms with Gasteiger partial charge in [0.2, 0.25) is 5.91 Å². The van der Waals surface area contributed by atoms with Crippen LogP contribution >= 0.6 is 0 Å². The van der Waals surface area contributed by atoms with Gasteiger partial charge in [0.05, 0.1) is 18.8 Å². The van der Waals surface area contributed by atoms with Gasteiger partial charge in [-0.05, 0) is 18.6 Å². The zero-order chi connectivity index (χ0) is 13.4. The van der Waals surface area contributed by atoms with Gasteiger partial charge in [-0.2, -0.15) is 0 Å². The van der Waals surface area contributed by atoms with Crippen LogP contribution in [0.25, 0.3) is 0 Å². The Bertz CT molecular complexity index is 385. The summed E-state index contributed by atoms with van der Waals surface area (Å²) in [6, 6.07) is 6.21. The van der Waals surface area contributed by atoms with E-state index in [9.17, 15) is 9.18 Å². The van der Waals surface area contributed by atoms with Gasteiger partial charge in [0.15, 0.2) is 0 Å². The molecule has 1 atom stereocenters. The quantitative estimate of drug-likeness (QED) is 0.780. The predicted octanol–water partition coefficient (Wildman–Crippen LogP) is 1.78. The van der Waals surface area contributed by atoms with Gasteiger partial charge in [-0.1, -0.05) is 19.1 Å². The largest absolute Gasteiger partial charge is 0.383 e. The van der Waals surface area contributed by atoms with E-state index in [1.807, 2.05) is 6.92 Å². The monoisotopic (exact) mass is 254 g/mol. The minimum atomic E-state index is -0.435. The zero-order valence-electron chi connectivity index (χ0n) is 10.7. The number of hydrogen-bond donors (Lipinski definition) is 2. The molecular formula is C13H19FN2O2. The van der Waals surface area contributed by atoms with Crippen LogP contribution in [0.1, 0.15) is 13.3 Å². The van der Waals surface area contributed by atoms with Crippen molar-refractivity contribution in [2.24, 2.45) is 0 Å². The highest BCUT2D eigenvalue weighted by atomic mass is 19.1. The number of ether oxygens (including phenoxy) is 1. The van der Waals surface area contributed by atoms with E-state index in [-0.39, 0.29) is 24.2 Å². The number of nitrogens with one attached hydrogen (secondary N) is 2. The molecule has 0 fully saturated rings. The minimum absolute atomic E-state index is 0.126. The Kier molecular flexibility index (Phi) is 6.32.